The fraction of sp³-hybridized carbons (Fsp3) is 0.143. The van der Waals surface area contributed by atoms with E-state index in [4.69, 9.17) is 34.8 Å². The molecule has 0 saturated carbocycles. The number of nitrogens with zero attached hydrogens (tertiary/aromatic N) is 1. The minimum atomic E-state index is -0.349. The molecule has 21 heavy (non-hydrogen) atoms. The van der Waals surface area contributed by atoms with Gasteiger partial charge in [0.2, 0.25) is 0 Å². The Balaban J connectivity index is 2.30. The van der Waals surface area contributed by atoms with Gasteiger partial charge in [-0.3, -0.25) is 4.79 Å². The van der Waals surface area contributed by atoms with Crippen LogP contribution >= 0.6 is 34.8 Å². The predicted molar refractivity (Wildman–Crippen MR) is 87.9 cm³/mol. The number of carbonyl (C=O) groups excluding carboxylic acids is 1. The number of hydrogen-bond acceptors (Lipinski definition) is 3. The third-order valence-electron chi connectivity index (χ3n) is 2.81. The Bertz CT molecular complexity index is 704. The molecule has 1 aromatic carbocycles. The summed E-state index contributed by atoms with van der Waals surface area (Å²) in [6, 6.07) is 6.36. The molecule has 0 radical (unpaired) electrons. The van der Waals surface area contributed by atoms with E-state index in [1.807, 2.05) is 6.92 Å². The maximum atomic E-state index is 12.3. The standard InChI is InChI=1S/C14H12Cl3N3O/c1-7-3-10(16)11(6-9(7)15)19-14(21)8-4-12(17)20-13(5-8)18-2/h3-6H,1-2H3,(H,18,20)(H,19,21). The molecule has 0 fully saturated rings. The van der Waals surface area contributed by atoms with Crippen molar-refractivity contribution in [3.8, 4) is 0 Å². The Morgan fingerprint density at radius 2 is 1.81 bits per heavy atom. The maximum Gasteiger partial charge on any atom is 0.255 e. The number of rotatable bonds is 3. The number of aryl methyl sites for hydroxylation is 1. The number of aromatic nitrogens is 1. The summed E-state index contributed by atoms with van der Waals surface area (Å²) in [6.45, 7) is 1.83. The minimum absolute atomic E-state index is 0.222. The molecule has 2 rings (SSSR count). The van der Waals surface area contributed by atoms with Crippen molar-refractivity contribution in [2.24, 2.45) is 0 Å². The van der Waals surface area contributed by atoms with Crippen LogP contribution in [0, 0.1) is 6.92 Å². The Morgan fingerprint density at radius 1 is 1.10 bits per heavy atom. The third kappa shape index (κ3) is 3.79. The van der Waals surface area contributed by atoms with Crippen LogP contribution in [0.1, 0.15) is 15.9 Å². The number of amides is 1. The summed E-state index contributed by atoms with van der Waals surface area (Å²) in [4.78, 5) is 16.3. The largest absolute Gasteiger partial charge is 0.373 e. The average molecular weight is 345 g/mol. The van der Waals surface area contributed by atoms with Gasteiger partial charge in [0.05, 0.1) is 10.7 Å². The molecule has 2 N–H and O–H groups in total. The maximum absolute atomic E-state index is 12.3. The average Bonchev–Trinajstić information content (AvgIpc) is 2.43. The highest BCUT2D eigenvalue weighted by Gasteiger charge is 2.12. The number of halogens is 3. The van der Waals surface area contributed by atoms with Crippen molar-refractivity contribution in [3.05, 3.63) is 50.6 Å². The first-order valence-electron chi connectivity index (χ1n) is 6.03. The van der Waals surface area contributed by atoms with Gasteiger partial charge in [0.15, 0.2) is 0 Å². The molecule has 1 aromatic heterocycles. The summed E-state index contributed by atoms with van der Waals surface area (Å²) in [5.41, 5.74) is 1.65. The molecule has 0 bridgehead atoms. The molecule has 2 aromatic rings. The van der Waals surface area contributed by atoms with Gasteiger partial charge in [0.1, 0.15) is 11.0 Å². The zero-order valence-electron chi connectivity index (χ0n) is 11.3. The van der Waals surface area contributed by atoms with E-state index in [0.717, 1.165) is 5.56 Å². The van der Waals surface area contributed by atoms with Crippen molar-refractivity contribution in [1.29, 1.82) is 0 Å². The van der Waals surface area contributed by atoms with Crippen LogP contribution in [-0.4, -0.2) is 17.9 Å². The van der Waals surface area contributed by atoms with Gasteiger partial charge in [0.25, 0.3) is 5.91 Å². The molecular formula is C14H12Cl3N3O. The topological polar surface area (TPSA) is 54.0 Å². The molecule has 0 atom stereocenters. The third-order valence-corrected chi connectivity index (χ3v) is 3.72. The van der Waals surface area contributed by atoms with Crippen molar-refractivity contribution >= 4 is 52.2 Å². The van der Waals surface area contributed by atoms with Gasteiger partial charge in [-0.25, -0.2) is 4.98 Å². The molecule has 4 nitrogen and oxygen atoms in total. The first kappa shape index (κ1) is 15.9. The van der Waals surface area contributed by atoms with Gasteiger partial charge in [-0.1, -0.05) is 34.8 Å². The smallest absolute Gasteiger partial charge is 0.255 e. The monoisotopic (exact) mass is 343 g/mol. The minimum Gasteiger partial charge on any atom is -0.373 e. The van der Waals surface area contributed by atoms with Crippen LogP contribution < -0.4 is 10.6 Å². The molecule has 7 heteroatoms. The number of carbonyl (C=O) groups is 1. The summed E-state index contributed by atoms with van der Waals surface area (Å²) < 4.78 is 0. The fourth-order valence-corrected chi connectivity index (χ4v) is 2.33. The number of benzene rings is 1. The van der Waals surface area contributed by atoms with Crippen molar-refractivity contribution in [1.82, 2.24) is 4.98 Å². The van der Waals surface area contributed by atoms with E-state index in [2.05, 4.69) is 15.6 Å². The van der Waals surface area contributed by atoms with Crippen molar-refractivity contribution in [2.45, 2.75) is 6.92 Å². The number of anilines is 2. The zero-order chi connectivity index (χ0) is 15.6. The summed E-state index contributed by atoms with van der Waals surface area (Å²) >= 11 is 18.0. The lowest BCUT2D eigenvalue weighted by Gasteiger charge is -2.10. The highest BCUT2D eigenvalue weighted by atomic mass is 35.5. The van der Waals surface area contributed by atoms with E-state index in [0.29, 0.717) is 27.1 Å². The Labute approximate surface area is 137 Å². The molecule has 0 spiro atoms. The van der Waals surface area contributed by atoms with Crippen LogP contribution in [-0.2, 0) is 0 Å². The summed E-state index contributed by atoms with van der Waals surface area (Å²) in [5.74, 6) is 0.151. The molecule has 1 amide bonds. The van der Waals surface area contributed by atoms with Gasteiger partial charge in [-0.05, 0) is 36.8 Å². The van der Waals surface area contributed by atoms with E-state index in [-0.39, 0.29) is 11.1 Å². The van der Waals surface area contributed by atoms with Gasteiger partial charge < -0.3 is 10.6 Å². The van der Waals surface area contributed by atoms with E-state index in [1.54, 1.807) is 25.2 Å². The van der Waals surface area contributed by atoms with Crippen LogP contribution in [0.15, 0.2) is 24.3 Å². The van der Waals surface area contributed by atoms with Crippen molar-refractivity contribution in [3.63, 3.8) is 0 Å². The lowest BCUT2D eigenvalue weighted by atomic mass is 10.2. The molecular weight excluding hydrogens is 333 g/mol. The van der Waals surface area contributed by atoms with E-state index in [9.17, 15) is 4.79 Å². The molecule has 0 aliphatic carbocycles. The van der Waals surface area contributed by atoms with E-state index in [1.165, 1.54) is 6.07 Å². The van der Waals surface area contributed by atoms with Crippen LogP contribution in [0.5, 0.6) is 0 Å². The van der Waals surface area contributed by atoms with Crippen LogP contribution in [0.4, 0.5) is 11.5 Å². The molecule has 0 aliphatic rings. The lowest BCUT2D eigenvalue weighted by Crippen LogP contribution is -2.13. The highest BCUT2D eigenvalue weighted by Crippen LogP contribution is 2.29. The predicted octanol–water partition coefficient (Wildman–Crippen LogP) is 4.64. The van der Waals surface area contributed by atoms with Gasteiger partial charge in [0, 0.05) is 17.6 Å². The van der Waals surface area contributed by atoms with Crippen LogP contribution in [0.2, 0.25) is 15.2 Å². The first-order chi connectivity index (χ1) is 9.90. The number of pyridine rings is 1. The quantitative estimate of drug-likeness (QED) is 0.797. The van der Waals surface area contributed by atoms with Gasteiger partial charge >= 0.3 is 0 Å². The summed E-state index contributed by atoms with van der Waals surface area (Å²) in [6.07, 6.45) is 0. The van der Waals surface area contributed by atoms with E-state index >= 15 is 0 Å². The Morgan fingerprint density at radius 3 is 2.48 bits per heavy atom. The second kappa shape index (κ2) is 6.52. The zero-order valence-corrected chi connectivity index (χ0v) is 13.6. The molecule has 0 saturated heterocycles. The van der Waals surface area contributed by atoms with Crippen LogP contribution in [0.3, 0.4) is 0 Å². The normalized spacial score (nSPS) is 10.3. The van der Waals surface area contributed by atoms with Crippen molar-refractivity contribution < 1.29 is 4.79 Å². The Kier molecular flexibility index (Phi) is 4.93. The number of hydrogen-bond donors (Lipinski definition) is 2. The highest BCUT2D eigenvalue weighted by molar-refractivity contribution is 6.36. The number of nitrogens with one attached hydrogen (secondary N) is 2. The molecule has 110 valence electrons. The second-order valence-electron chi connectivity index (χ2n) is 4.35. The molecule has 0 unspecified atom stereocenters. The van der Waals surface area contributed by atoms with Gasteiger partial charge in [-0.2, -0.15) is 0 Å². The first-order valence-corrected chi connectivity index (χ1v) is 7.16. The Hall–Kier alpha value is -1.49. The fourth-order valence-electron chi connectivity index (χ4n) is 1.69. The van der Waals surface area contributed by atoms with E-state index < -0.39 is 0 Å². The van der Waals surface area contributed by atoms with Gasteiger partial charge in [-0.15, -0.1) is 0 Å². The van der Waals surface area contributed by atoms with Crippen LogP contribution in [0.25, 0.3) is 0 Å². The molecule has 0 aliphatic heterocycles. The SMILES string of the molecule is CNc1cc(C(=O)Nc2cc(Cl)c(C)cc2Cl)cc(Cl)n1. The lowest BCUT2D eigenvalue weighted by molar-refractivity contribution is 0.102. The summed E-state index contributed by atoms with van der Waals surface area (Å²) in [5, 5.41) is 6.70. The molecule has 1 heterocycles. The van der Waals surface area contributed by atoms with Crippen molar-refractivity contribution in [2.75, 3.05) is 17.7 Å². The summed E-state index contributed by atoms with van der Waals surface area (Å²) in [7, 11) is 1.69. The second-order valence-corrected chi connectivity index (χ2v) is 5.55.